The SMILES string of the molecule is c1ccc(-c2ccc3c(c2)OB2c4cc(-c5ccc(-n6c7ccccc7c7ccccc76)cc5)ccc4Oc4cccc-3c42)cc1. The van der Waals surface area contributed by atoms with Gasteiger partial charge in [-0.3, -0.25) is 0 Å². The first-order valence-electron chi connectivity index (χ1n) is 15.7. The topological polar surface area (TPSA) is 23.4 Å². The van der Waals surface area contributed by atoms with Gasteiger partial charge in [-0.2, -0.15) is 0 Å². The molecule has 4 heteroatoms. The second-order valence-electron chi connectivity index (χ2n) is 12.1. The van der Waals surface area contributed by atoms with Crippen molar-refractivity contribution in [2.45, 2.75) is 0 Å². The molecular formula is C42H26BNO2. The summed E-state index contributed by atoms with van der Waals surface area (Å²) in [6, 6.07) is 55.9. The second-order valence-corrected chi connectivity index (χ2v) is 12.1. The minimum absolute atomic E-state index is 0.259. The third-order valence-electron chi connectivity index (χ3n) is 9.50. The molecule has 0 radical (unpaired) electrons. The van der Waals surface area contributed by atoms with Crippen LogP contribution in [0.3, 0.4) is 0 Å². The van der Waals surface area contributed by atoms with E-state index in [1.165, 1.54) is 27.4 Å². The molecule has 10 rings (SSSR count). The molecule has 3 heterocycles. The highest BCUT2D eigenvalue weighted by Gasteiger charge is 2.40. The third-order valence-corrected chi connectivity index (χ3v) is 9.50. The fourth-order valence-electron chi connectivity index (χ4n) is 7.34. The molecule has 1 aromatic heterocycles. The molecule has 0 unspecified atom stereocenters. The zero-order chi connectivity index (χ0) is 30.2. The number of aromatic nitrogens is 1. The Morgan fingerprint density at radius 2 is 1.09 bits per heavy atom. The largest absolute Gasteiger partial charge is 0.551 e. The lowest BCUT2D eigenvalue weighted by Crippen LogP contribution is -2.53. The number of hydrogen-bond acceptors (Lipinski definition) is 2. The summed E-state index contributed by atoms with van der Waals surface area (Å²) in [7, 11) is 0. The molecule has 8 aromatic rings. The summed E-state index contributed by atoms with van der Waals surface area (Å²) >= 11 is 0. The molecule has 0 saturated heterocycles. The van der Waals surface area contributed by atoms with Gasteiger partial charge < -0.3 is 14.0 Å². The lowest BCUT2D eigenvalue weighted by Gasteiger charge is -2.33. The van der Waals surface area contributed by atoms with E-state index in [0.717, 1.165) is 61.7 Å². The average Bonchev–Trinajstić information content (AvgIpc) is 3.46. The number of nitrogens with zero attached hydrogens (tertiary/aromatic N) is 1. The normalized spacial score (nSPS) is 12.7. The quantitative estimate of drug-likeness (QED) is 0.192. The molecule has 214 valence electrons. The zero-order valence-corrected chi connectivity index (χ0v) is 24.9. The molecule has 0 atom stereocenters. The smallest absolute Gasteiger partial charge is 0.434 e. The summed E-state index contributed by atoms with van der Waals surface area (Å²) in [5, 5.41) is 2.53. The fraction of sp³-hybridized carbons (Fsp3) is 0. The molecule has 2 aliphatic rings. The number of hydrogen-bond donors (Lipinski definition) is 0. The average molecular weight is 587 g/mol. The highest BCUT2D eigenvalue weighted by atomic mass is 16.5. The van der Waals surface area contributed by atoms with Crippen LogP contribution in [0.4, 0.5) is 0 Å². The molecule has 0 amide bonds. The Kier molecular flexibility index (Phi) is 5.37. The Labute approximate surface area is 267 Å². The van der Waals surface area contributed by atoms with Gasteiger partial charge in [-0.1, -0.05) is 115 Å². The minimum Gasteiger partial charge on any atom is -0.551 e. The van der Waals surface area contributed by atoms with Gasteiger partial charge in [-0.05, 0) is 70.3 Å². The summed E-state index contributed by atoms with van der Waals surface area (Å²) in [4.78, 5) is 0. The lowest BCUT2D eigenvalue weighted by molar-refractivity contribution is 0.479. The Balaban J connectivity index is 1.05. The van der Waals surface area contributed by atoms with Crippen LogP contribution < -0.4 is 20.3 Å². The molecule has 0 fully saturated rings. The number of para-hydroxylation sites is 2. The monoisotopic (exact) mass is 587 g/mol. The Bertz CT molecular complexity index is 2430. The van der Waals surface area contributed by atoms with Crippen molar-refractivity contribution in [2.75, 3.05) is 0 Å². The van der Waals surface area contributed by atoms with Crippen molar-refractivity contribution in [3.8, 4) is 56.3 Å². The van der Waals surface area contributed by atoms with Crippen LogP contribution in [0.15, 0.2) is 158 Å². The molecule has 0 aliphatic carbocycles. The molecule has 0 N–H and O–H groups in total. The highest BCUT2D eigenvalue weighted by molar-refractivity contribution is 6.84. The first-order chi connectivity index (χ1) is 22.8. The van der Waals surface area contributed by atoms with E-state index < -0.39 is 0 Å². The van der Waals surface area contributed by atoms with Gasteiger partial charge in [-0.15, -0.1) is 0 Å². The van der Waals surface area contributed by atoms with Gasteiger partial charge >= 0.3 is 6.92 Å². The second kappa shape index (κ2) is 9.75. The van der Waals surface area contributed by atoms with Crippen molar-refractivity contribution in [3.63, 3.8) is 0 Å². The summed E-state index contributed by atoms with van der Waals surface area (Å²) in [5.41, 5.74) is 12.5. The molecule has 7 aromatic carbocycles. The van der Waals surface area contributed by atoms with Crippen molar-refractivity contribution in [3.05, 3.63) is 158 Å². The van der Waals surface area contributed by atoms with E-state index in [1.54, 1.807) is 0 Å². The first-order valence-corrected chi connectivity index (χ1v) is 15.7. The van der Waals surface area contributed by atoms with Gasteiger partial charge in [0.15, 0.2) is 0 Å². The Morgan fingerprint density at radius 3 is 1.87 bits per heavy atom. The Morgan fingerprint density at radius 1 is 0.435 bits per heavy atom. The van der Waals surface area contributed by atoms with E-state index in [1.807, 2.05) is 12.1 Å². The van der Waals surface area contributed by atoms with Crippen molar-refractivity contribution >= 4 is 39.6 Å². The first kappa shape index (κ1) is 25.3. The number of fused-ring (bicyclic) bond motifs is 7. The van der Waals surface area contributed by atoms with Crippen LogP contribution >= 0.6 is 0 Å². The lowest BCUT2D eigenvalue weighted by atomic mass is 9.50. The summed E-state index contributed by atoms with van der Waals surface area (Å²) in [6.45, 7) is -0.259. The van der Waals surface area contributed by atoms with Gasteiger partial charge in [0.05, 0.1) is 11.0 Å². The predicted molar refractivity (Wildman–Crippen MR) is 189 cm³/mol. The molecule has 3 nitrogen and oxygen atoms in total. The summed E-state index contributed by atoms with van der Waals surface area (Å²) < 4.78 is 15.7. The fourth-order valence-corrected chi connectivity index (χ4v) is 7.34. The van der Waals surface area contributed by atoms with Crippen LogP contribution in [-0.2, 0) is 0 Å². The van der Waals surface area contributed by atoms with E-state index >= 15 is 0 Å². The van der Waals surface area contributed by atoms with Crippen LogP contribution in [-0.4, -0.2) is 11.5 Å². The molecule has 0 spiro atoms. The molecule has 0 bridgehead atoms. The maximum atomic E-state index is 6.89. The van der Waals surface area contributed by atoms with Crippen LogP contribution in [0, 0.1) is 0 Å². The molecular weight excluding hydrogens is 561 g/mol. The van der Waals surface area contributed by atoms with Crippen molar-refractivity contribution in [1.29, 1.82) is 0 Å². The van der Waals surface area contributed by atoms with Gasteiger partial charge in [0, 0.05) is 32.9 Å². The highest BCUT2D eigenvalue weighted by Crippen LogP contribution is 2.41. The summed E-state index contributed by atoms with van der Waals surface area (Å²) in [6.07, 6.45) is 0. The van der Waals surface area contributed by atoms with Crippen molar-refractivity contribution < 1.29 is 9.39 Å². The van der Waals surface area contributed by atoms with E-state index in [0.29, 0.717) is 0 Å². The molecule has 0 saturated carbocycles. The maximum absolute atomic E-state index is 6.89. The van der Waals surface area contributed by atoms with Gasteiger partial charge in [-0.25, -0.2) is 0 Å². The summed E-state index contributed by atoms with van der Waals surface area (Å²) in [5.74, 6) is 2.59. The number of rotatable bonds is 3. The third kappa shape index (κ3) is 3.74. The molecule has 46 heavy (non-hydrogen) atoms. The predicted octanol–water partition coefficient (Wildman–Crippen LogP) is 9.39. The zero-order valence-electron chi connectivity index (χ0n) is 24.9. The van der Waals surface area contributed by atoms with Crippen LogP contribution in [0.5, 0.6) is 17.2 Å². The minimum atomic E-state index is -0.259. The van der Waals surface area contributed by atoms with Crippen LogP contribution in [0.2, 0.25) is 0 Å². The van der Waals surface area contributed by atoms with E-state index in [2.05, 4.69) is 150 Å². The van der Waals surface area contributed by atoms with Crippen LogP contribution in [0.1, 0.15) is 0 Å². The number of ether oxygens (including phenoxy) is 1. The molecule has 2 aliphatic heterocycles. The van der Waals surface area contributed by atoms with Gasteiger partial charge in [0.25, 0.3) is 0 Å². The maximum Gasteiger partial charge on any atom is 0.434 e. The van der Waals surface area contributed by atoms with Gasteiger partial charge in [0.2, 0.25) is 0 Å². The Hall–Kier alpha value is -6.00. The van der Waals surface area contributed by atoms with E-state index in [9.17, 15) is 0 Å². The van der Waals surface area contributed by atoms with Gasteiger partial charge in [0.1, 0.15) is 17.2 Å². The van der Waals surface area contributed by atoms with Crippen LogP contribution in [0.25, 0.3) is 60.9 Å². The number of benzene rings is 7. The van der Waals surface area contributed by atoms with Crippen molar-refractivity contribution in [1.82, 2.24) is 4.57 Å². The standard InChI is InChI=1S/C42H26BNO2/c1-2-9-27(10-3-1)30-19-23-34-35-13-8-16-40-42(35)43(46-41(34)26-30)36-25-29(20-24-39(36)45-40)28-17-21-31(22-18-28)44-37-14-6-4-11-32(37)33-12-5-7-15-38(33)44/h1-26H. The van der Waals surface area contributed by atoms with Crippen molar-refractivity contribution in [2.24, 2.45) is 0 Å². The van der Waals surface area contributed by atoms with E-state index in [-0.39, 0.29) is 6.92 Å². The van der Waals surface area contributed by atoms with E-state index in [4.69, 9.17) is 9.39 Å².